The summed E-state index contributed by atoms with van der Waals surface area (Å²) < 4.78 is 25.0. The van der Waals surface area contributed by atoms with Gasteiger partial charge in [-0.2, -0.15) is 0 Å². The van der Waals surface area contributed by atoms with Crippen LogP contribution in [-0.2, 0) is 27.3 Å². The zero-order valence-corrected chi connectivity index (χ0v) is 18.3. The highest BCUT2D eigenvalue weighted by Crippen LogP contribution is 2.24. The summed E-state index contributed by atoms with van der Waals surface area (Å²) in [6.45, 7) is 6.13. The van der Waals surface area contributed by atoms with Gasteiger partial charge in [-0.05, 0) is 44.0 Å². The molecule has 0 spiro atoms. The van der Waals surface area contributed by atoms with Gasteiger partial charge < -0.3 is 19.5 Å². The molecule has 0 aliphatic heterocycles. The first kappa shape index (κ1) is 24.3. The van der Waals surface area contributed by atoms with Gasteiger partial charge >= 0.3 is 5.97 Å². The summed E-state index contributed by atoms with van der Waals surface area (Å²) in [6, 6.07) is 13.3. The second-order valence-corrected chi connectivity index (χ2v) is 7.19. The molecule has 2 rings (SSSR count). The fourth-order valence-corrected chi connectivity index (χ4v) is 3.32. The van der Waals surface area contributed by atoms with Gasteiger partial charge in [0.15, 0.2) is 12.2 Å². The van der Waals surface area contributed by atoms with Crippen LogP contribution in [0.4, 0.5) is 4.39 Å². The van der Waals surface area contributed by atoms with E-state index in [0.29, 0.717) is 30.9 Å². The van der Waals surface area contributed by atoms with Crippen molar-refractivity contribution in [2.45, 2.75) is 45.8 Å². The molecule has 0 saturated heterocycles. The van der Waals surface area contributed by atoms with Crippen LogP contribution in [-0.4, -0.2) is 47.2 Å². The van der Waals surface area contributed by atoms with Crippen LogP contribution < -0.4 is 4.74 Å². The third kappa shape index (κ3) is 6.52. The van der Waals surface area contributed by atoms with Gasteiger partial charge in [0.05, 0.1) is 0 Å². The Morgan fingerprint density at radius 1 is 1.06 bits per heavy atom. The van der Waals surface area contributed by atoms with Gasteiger partial charge in [-0.25, -0.2) is 9.18 Å². The minimum absolute atomic E-state index is 0.172. The molecule has 0 heterocycles. The Morgan fingerprint density at radius 3 is 2.29 bits per heavy atom. The standard InChI is InChI=1S/C24H30FNO5/c1-4-24(23(28)29,31-6-3)15-18-11-13-20(14-12-18)30-17-22(27)26(5-2)16-19-9-7-8-10-21(19)25/h7-14H,4-6,15-17H2,1-3H3,(H,28,29)/t24-/m0/s1. The lowest BCUT2D eigenvalue weighted by molar-refractivity contribution is -0.166. The molecule has 0 aromatic heterocycles. The van der Waals surface area contributed by atoms with E-state index in [1.807, 2.05) is 6.92 Å². The average molecular weight is 432 g/mol. The first-order chi connectivity index (χ1) is 14.8. The van der Waals surface area contributed by atoms with E-state index in [-0.39, 0.29) is 31.3 Å². The maximum Gasteiger partial charge on any atom is 0.336 e. The largest absolute Gasteiger partial charge is 0.484 e. The smallest absolute Gasteiger partial charge is 0.336 e. The Hall–Kier alpha value is -2.93. The molecule has 2 aromatic carbocycles. The molecule has 0 radical (unpaired) electrons. The van der Waals surface area contributed by atoms with Crippen molar-refractivity contribution in [2.24, 2.45) is 0 Å². The molecule has 0 saturated carbocycles. The average Bonchev–Trinajstić information content (AvgIpc) is 2.77. The molecule has 0 fully saturated rings. The van der Waals surface area contributed by atoms with Crippen LogP contribution in [0.3, 0.4) is 0 Å². The zero-order chi connectivity index (χ0) is 22.9. The SMILES string of the molecule is CCO[C@@](CC)(Cc1ccc(OCC(=O)N(CC)Cc2ccccc2F)cc1)C(=O)O. The van der Waals surface area contributed by atoms with Crippen molar-refractivity contribution in [1.82, 2.24) is 4.90 Å². The van der Waals surface area contributed by atoms with E-state index in [2.05, 4.69) is 0 Å². The summed E-state index contributed by atoms with van der Waals surface area (Å²) in [5.41, 5.74) is -0.0122. The lowest BCUT2D eigenvalue weighted by atomic mass is 9.91. The van der Waals surface area contributed by atoms with Crippen LogP contribution in [0.5, 0.6) is 5.75 Å². The number of carbonyl (C=O) groups is 2. The fraction of sp³-hybridized carbons (Fsp3) is 0.417. The molecule has 1 N–H and O–H groups in total. The molecular formula is C24H30FNO5. The monoisotopic (exact) mass is 431 g/mol. The van der Waals surface area contributed by atoms with Crippen molar-refractivity contribution in [3.8, 4) is 5.75 Å². The Kier molecular flexibility index (Phi) is 9.00. The fourth-order valence-electron chi connectivity index (χ4n) is 3.32. The number of amides is 1. The minimum Gasteiger partial charge on any atom is -0.484 e. The third-order valence-corrected chi connectivity index (χ3v) is 5.21. The Balaban J connectivity index is 1.97. The van der Waals surface area contributed by atoms with E-state index in [0.717, 1.165) is 5.56 Å². The molecule has 0 aliphatic rings. The highest BCUT2D eigenvalue weighted by atomic mass is 19.1. The van der Waals surface area contributed by atoms with Gasteiger partial charge in [-0.15, -0.1) is 0 Å². The van der Waals surface area contributed by atoms with Crippen LogP contribution in [0.1, 0.15) is 38.3 Å². The van der Waals surface area contributed by atoms with E-state index in [4.69, 9.17) is 9.47 Å². The lowest BCUT2D eigenvalue weighted by Gasteiger charge is -2.28. The molecule has 2 aromatic rings. The van der Waals surface area contributed by atoms with Crippen molar-refractivity contribution < 1.29 is 28.6 Å². The number of likely N-dealkylation sites (N-methyl/N-ethyl adjacent to an activating group) is 1. The minimum atomic E-state index is -1.26. The number of carboxylic acids is 1. The summed E-state index contributed by atoms with van der Waals surface area (Å²) in [4.78, 5) is 25.7. The molecule has 6 nitrogen and oxygen atoms in total. The first-order valence-corrected chi connectivity index (χ1v) is 10.5. The molecular weight excluding hydrogens is 401 g/mol. The Morgan fingerprint density at radius 2 is 1.74 bits per heavy atom. The van der Waals surface area contributed by atoms with Crippen molar-refractivity contribution in [2.75, 3.05) is 19.8 Å². The second kappa shape index (κ2) is 11.5. The van der Waals surface area contributed by atoms with Gasteiger partial charge in [0, 0.05) is 31.7 Å². The van der Waals surface area contributed by atoms with Crippen LogP contribution in [0.25, 0.3) is 0 Å². The van der Waals surface area contributed by atoms with E-state index in [1.165, 1.54) is 11.0 Å². The molecule has 168 valence electrons. The van der Waals surface area contributed by atoms with Gasteiger partial charge in [0.25, 0.3) is 5.91 Å². The Labute approximate surface area is 182 Å². The molecule has 0 aliphatic carbocycles. The second-order valence-electron chi connectivity index (χ2n) is 7.19. The van der Waals surface area contributed by atoms with Gasteiger partial charge in [0.2, 0.25) is 0 Å². The predicted molar refractivity (Wildman–Crippen MR) is 115 cm³/mol. The number of hydrogen-bond donors (Lipinski definition) is 1. The molecule has 1 amide bonds. The summed E-state index contributed by atoms with van der Waals surface area (Å²) in [6.07, 6.45) is 0.579. The van der Waals surface area contributed by atoms with E-state index >= 15 is 0 Å². The maximum atomic E-state index is 13.9. The highest BCUT2D eigenvalue weighted by molar-refractivity contribution is 5.78. The summed E-state index contributed by atoms with van der Waals surface area (Å²) in [7, 11) is 0. The summed E-state index contributed by atoms with van der Waals surface area (Å²) in [5.74, 6) is -1.09. The quantitative estimate of drug-likeness (QED) is 0.548. The molecule has 1 atom stereocenters. The molecule has 0 bridgehead atoms. The van der Waals surface area contributed by atoms with Crippen LogP contribution >= 0.6 is 0 Å². The number of carbonyl (C=O) groups excluding carboxylic acids is 1. The molecule has 7 heteroatoms. The third-order valence-electron chi connectivity index (χ3n) is 5.21. The number of benzene rings is 2. The predicted octanol–water partition coefficient (Wildman–Crippen LogP) is 4.07. The summed E-state index contributed by atoms with van der Waals surface area (Å²) >= 11 is 0. The van der Waals surface area contributed by atoms with Crippen LogP contribution in [0.2, 0.25) is 0 Å². The normalized spacial score (nSPS) is 12.8. The van der Waals surface area contributed by atoms with E-state index < -0.39 is 11.6 Å². The topological polar surface area (TPSA) is 76.1 Å². The van der Waals surface area contributed by atoms with Crippen molar-refractivity contribution >= 4 is 11.9 Å². The number of rotatable bonds is 12. The number of hydrogen-bond acceptors (Lipinski definition) is 4. The number of aliphatic carboxylic acids is 1. The molecule has 31 heavy (non-hydrogen) atoms. The van der Waals surface area contributed by atoms with E-state index in [9.17, 15) is 19.1 Å². The van der Waals surface area contributed by atoms with Gasteiger partial charge in [0.1, 0.15) is 11.6 Å². The van der Waals surface area contributed by atoms with Gasteiger partial charge in [-0.1, -0.05) is 37.3 Å². The zero-order valence-electron chi connectivity index (χ0n) is 18.3. The van der Waals surface area contributed by atoms with Gasteiger partial charge in [-0.3, -0.25) is 4.79 Å². The van der Waals surface area contributed by atoms with Crippen LogP contribution in [0.15, 0.2) is 48.5 Å². The maximum absolute atomic E-state index is 13.9. The number of halogens is 1. The number of nitrogens with zero attached hydrogens (tertiary/aromatic N) is 1. The van der Waals surface area contributed by atoms with E-state index in [1.54, 1.807) is 56.3 Å². The Bertz CT molecular complexity index is 871. The van der Waals surface area contributed by atoms with Crippen molar-refractivity contribution in [3.63, 3.8) is 0 Å². The lowest BCUT2D eigenvalue weighted by Crippen LogP contribution is -2.43. The highest BCUT2D eigenvalue weighted by Gasteiger charge is 2.37. The number of ether oxygens (including phenoxy) is 2. The number of carboxylic acid groups (broad SMARTS) is 1. The summed E-state index contributed by atoms with van der Waals surface area (Å²) in [5, 5.41) is 9.60. The first-order valence-electron chi connectivity index (χ1n) is 10.5. The molecule has 0 unspecified atom stereocenters. The van der Waals surface area contributed by atoms with Crippen LogP contribution in [0, 0.1) is 5.82 Å². The van der Waals surface area contributed by atoms with Crippen molar-refractivity contribution in [1.29, 1.82) is 0 Å². The van der Waals surface area contributed by atoms with Crippen molar-refractivity contribution in [3.05, 3.63) is 65.5 Å².